The number of aromatic nitrogens is 2. The average Bonchev–Trinajstić information content (AvgIpc) is 2.51. The van der Waals surface area contributed by atoms with Crippen LogP contribution in [-0.4, -0.2) is 31.1 Å². The van der Waals surface area contributed by atoms with Crippen molar-refractivity contribution < 1.29 is 9.53 Å². The summed E-state index contributed by atoms with van der Waals surface area (Å²) in [6.07, 6.45) is 1.90. The summed E-state index contributed by atoms with van der Waals surface area (Å²) in [5, 5.41) is 3.65. The van der Waals surface area contributed by atoms with E-state index in [1.165, 1.54) is 6.33 Å². The number of amides is 1. The van der Waals surface area contributed by atoms with Crippen LogP contribution in [0.4, 0.5) is 5.69 Å². The van der Waals surface area contributed by atoms with Gasteiger partial charge < -0.3 is 10.1 Å². The minimum Gasteiger partial charge on any atom is -0.494 e. The van der Waals surface area contributed by atoms with Crippen molar-refractivity contribution in [3.63, 3.8) is 0 Å². The highest BCUT2D eigenvalue weighted by Gasteiger charge is 2.12. The number of nitrogens with one attached hydrogen (secondary N) is 1. The molecule has 1 N–H and O–H groups in total. The maximum absolute atomic E-state index is 11.7. The topological polar surface area (TPSA) is 64.1 Å². The van der Waals surface area contributed by atoms with Gasteiger partial charge in [0.05, 0.1) is 18.3 Å². The van der Waals surface area contributed by atoms with Gasteiger partial charge in [0, 0.05) is 17.9 Å². The van der Waals surface area contributed by atoms with E-state index in [0.717, 1.165) is 10.9 Å². The fourth-order valence-electron chi connectivity index (χ4n) is 1.94. The molecule has 23 heavy (non-hydrogen) atoms. The Morgan fingerprint density at radius 3 is 2.65 bits per heavy atom. The Labute approximate surface area is 137 Å². The van der Waals surface area contributed by atoms with Crippen LogP contribution < -0.4 is 10.1 Å². The number of benzene rings is 1. The van der Waals surface area contributed by atoms with Gasteiger partial charge in [0.2, 0.25) is 5.91 Å². The molecule has 1 heterocycles. The minimum atomic E-state index is -1.51. The van der Waals surface area contributed by atoms with Crippen molar-refractivity contribution in [3.8, 4) is 17.2 Å². The first-order valence-corrected chi connectivity index (χ1v) is 11.0. The van der Waals surface area contributed by atoms with Gasteiger partial charge in [-0.05, 0) is 6.07 Å². The van der Waals surface area contributed by atoms with Crippen LogP contribution >= 0.6 is 0 Å². The first-order chi connectivity index (χ1) is 10.8. The smallest absolute Gasteiger partial charge is 0.224 e. The number of anilines is 1. The number of methoxy groups -OCH3 is 1. The molecule has 0 atom stereocenters. The van der Waals surface area contributed by atoms with Crippen LogP contribution in [0, 0.1) is 11.5 Å². The molecule has 1 amide bonds. The molecule has 0 saturated carbocycles. The second kappa shape index (κ2) is 6.80. The molecule has 6 heteroatoms. The molecule has 0 spiro atoms. The molecule has 0 bridgehead atoms. The van der Waals surface area contributed by atoms with Crippen LogP contribution in [0.3, 0.4) is 0 Å². The lowest BCUT2D eigenvalue weighted by atomic mass is 10.1. The number of ether oxygens (including phenoxy) is 1. The zero-order valence-electron chi connectivity index (χ0n) is 14.2. The molecule has 0 fully saturated rings. The summed E-state index contributed by atoms with van der Waals surface area (Å²) in [4.78, 5) is 20.3. The Balaban J connectivity index is 2.60. The Morgan fingerprint density at radius 2 is 2.04 bits per heavy atom. The minimum absolute atomic E-state index is 0.0748. The molecule has 0 aliphatic carbocycles. The number of hydrogen-bond donors (Lipinski definition) is 1. The van der Waals surface area contributed by atoms with Crippen LogP contribution in [0.1, 0.15) is 19.0 Å². The zero-order valence-corrected chi connectivity index (χ0v) is 15.2. The molecule has 0 aliphatic rings. The third-order valence-electron chi connectivity index (χ3n) is 3.11. The third-order valence-corrected chi connectivity index (χ3v) is 3.98. The van der Waals surface area contributed by atoms with Crippen LogP contribution in [0.5, 0.6) is 5.75 Å². The monoisotopic (exact) mass is 327 g/mol. The average molecular weight is 327 g/mol. The van der Waals surface area contributed by atoms with Crippen LogP contribution in [0.2, 0.25) is 19.6 Å². The Hall–Kier alpha value is -2.39. The second-order valence-electron chi connectivity index (χ2n) is 6.19. The molecule has 0 unspecified atom stereocenters. The number of hydrogen-bond acceptors (Lipinski definition) is 4. The predicted molar refractivity (Wildman–Crippen MR) is 95.2 cm³/mol. The highest BCUT2D eigenvalue weighted by atomic mass is 28.3. The van der Waals surface area contributed by atoms with Crippen molar-refractivity contribution in [3.05, 3.63) is 24.2 Å². The number of rotatable bonds is 3. The van der Waals surface area contributed by atoms with E-state index >= 15 is 0 Å². The number of carbonyl (C=O) groups is 1. The van der Waals surface area contributed by atoms with Gasteiger partial charge >= 0.3 is 0 Å². The lowest BCUT2D eigenvalue weighted by Gasteiger charge is -2.11. The highest BCUT2D eigenvalue weighted by Crippen LogP contribution is 2.30. The van der Waals surface area contributed by atoms with Gasteiger partial charge in [-0.1, -0.05) is 32.5 Å². The van der Waals surface area contributed by atoms with Gasteiger partial charge in [0.1, 0.15) is 25.8 Å². The molecular formula is C17H21N3O2Si. The Kier molecular flexibility index (Phi) is 5.01. The standard InChI is InChI=1S/C17H21N3O2Si/c1-6-17(21)20-15-9-12-13(7-8-23(3,4)5)18-11-19-14(12)10-16(15)22-2/h9-11H,6H2,1-5H3,(H,20,21). The van der Waals surface area contributed by atoms with E-state index in [0.29, 0.717) is 23.6 Å². The molecule has 0 aliphatic heterocycles. The van der Waals surface area contributed by atoms with Gasteiger partial charge in [-0.15, -0.1) is 5.54 Å². The van der Waals surface area contributed by atoms with Crippen LogP contribution in [0.15, 0.2) is 18.5 Å². The summed E-state index contributed by atoms with van der Waals surface area (Å²) in [6.45, 7) is 8.34. The summed E-state index contributed by atoms with van der Waals surface area (Å²) < 4.78 is 5.35. The van der Waals surface area contributed by atoms with Gasteiger partial charge in [-0.3, -0.25) is 4.79 Å². The lowest BCUT2D eigenvalue weighted by Crippen LogP contribution is -2.16. The van der Waals surface area contributed by atoms with Crippen LogP contribution in [-0.2, 0) is 4.79 Å². The van der Waals surface area contributed by atoms with E-state index in [1.54, 1.807) is 20.1 Å². The van der Waals surface area contributed by atoms with E-state index in [1.807, 2.05) is 6.07 Å². The van der Waals surface area contributed by atoms with E-state index in [2.05, 4.69) is 46.4 Å². The Bertz CT molecular complexity index is 801. The maximum Gasteiger partial charge on any atom is 0.224 e. The number of carbonyl (C=O) groups excluding carboxylic acids is 1. The molecular weight excluding hydrogens is 306 g/mol. The number of nitrogens with zero attached hydrogens (tertiary/aromatic N) is 2. The van der Waals surface area contributed by atoms with Crippen molar-refractivity contribution in [2.75, 3.05) is 12.4 Å². The van der Waals surface area contributed by atoms with Crippen molar-refractivity contribution in [1.29, 1.82) is 0 Å². The highest BCUT2D eigenvalue weighted by molar-refractivity contribution is 6.83. The predicted octanol–water partition coefficient (Wildman–Crippen LogP) is 3.22. The van der Waals surface area contributed by atoms with Crippen molar-refractivity contribution >= 4 is 30.6 Å². The molecule has 120 valence electrons. The fourth-order valence-corrected chi connectivity index (χ4v) is 2.43. The summed E-state index contributed by atoms with van der Waals surface area (Å²) in [6, 6.07) is 3.62. The first-order valence-electron chi connectivity index (χ1n) is 7.50. The zero-order chi connectivity index (χ0) is 17.0. The second-order valence-corrected chi connectivity index (χ2v) is 10.9. The van der Waals surface area contributed by atoms with Gasteiger partial charge in [0.15, 0.2) is 0 Å². The quantitative estimate of drug-likeness (QED) is 0.694. The molecule has 0 saturated heterocycles. The van der Waals surface area contributed by atoms with E-state index in [-0.39, 0.29) is 5.91 Å². The molecule has 0 radical (unpaired) electrons. The molecule has 2 rings (SSSR count). The van der Waals surface area contributed by atoms with E-state index in [4.69, 9.17) is 4.74 Å². The fraction of sp³-hybridized carbons (Fsp3) is 0.353. The summed E-state index contributed by atoms with van der Waals surface area (Å²) in [5.41, 5.74) is 5.33. The van der Waals surface area contributed by atoms with Crippen molar-refractivity contribution in [1.82, 2.24) is 9.97 Å². The number of fused-ring (bicyclic) bond motifs is 1. The first kappa shape index (κ1) is 17.0. The van der Waals surface area contributed by atoms with Gasteiger partial charge in [0.25, 0.3) is 0 Å². The Morgan fingerprint density at radius 1 is 1.30 bits per heavy atom. The van der Waals surface area contributed by atoms with Crippen molar-refractivity contribution in [2.24, 2.45) is 0 Å². The summed E-state index contributed by atoms with van der Waals surface area (Å²) >= 11 is 0. The van der Waals surface area contributed by atoms with Gasteiger partial charge in [-0.2, -0.15) is 0 Å². The molecule has 2 aromatic rings. The SMILES string of the molecule is CCC(=O)Nc1cc2c(C#C[Si](C)(C)C)ncnc2cc1OC. The molecule has 5 nitrogen and oxygen atoms in total. The lowest BCUT2D eigenvalue weighted by molar-refractivity contribution is -0.115. The molecule has 1 aromatic carbocycles. The summed E-state index contributed by atoms with van der Waals surface area (Å²) in [5.74, 6) is 3.66. The molecule has 1 aromatic heterocycles. The van der Waals surface area contributed by atoms with Gasteiger partial charge in [-0.25, -0.2) is 9.97 Å². The third kappa shape index (κ3) is 4.30. The summed E-state index contributed by atoms with van der Waals surface area (Å²) in [7, 11) is 0.0587. The maximum atomic E-state index is 11.7. The largest absolute Gasteiger partial charge is 0.494 e. The van der Waals surface area contributed by atoms with Crippen molar-refractivity contribution in [2.45, 2.75) is 33.0 Å². The normalized spacial score (nSPS) is 10.8. The van der Waals surface area contributed by atoms with Crippen LogP contribution in [0.25, 0.3) is 10.9 Å². The van der Waals surface area contributed by atoms with E-state index < -0.39 is 8.07 Å². The van der Waals surface area contributed by atoms with E-state index in [9.17, 15) is 4.79 Å².